The van der Waals surface area contributed by atoms with E-state index >= 15 is 0 Å². The highest BCUT2D eigenvalue weighted by atomic mass is 79.9. The lowest BCUT2D eigenvalue weighted by Gasteiger charge is -2.22. The lowest BCUT2D eigenvalue weighted by molar-refractivity contribution is -0.124. The molecule has 1 nitrogen and oxygen atoms in total. The van der Waals surface area contributed by atoms with E-state index in [1.54, 1.807) is 0 Å². The van der Waals surface area contributed by atoms with Gasteiger partial charge in [-0.2, -0.15) is 0 Å². The molecule has 0 atom stereocenters. The number of carbonyl (C=O) groups is 1. The number of hydrogen-bond acceptors (Lipinski definition) is 1. The van der Waals surface area contributed by atoms with Crippen LogP contribution in [0.15, 0.2) is 28.7 Å². The highest BCUT2D eigenvalue weighted by molar-refractivity contribution is 9.10. The number of Topliss-reactive ketones (excluding diaryl/α,β-unsaturated/α-hetero) is 1. The molecule has 0 radical (unpaired) electrons. The van der Waals surface area contributed by atoms with Gasteiger partial charge in [0, 0.05) is 9.89 Å². The molecule has 3 heteroatoms. The van der Waals surface area contributed by atoms with Crippen molar-refractivity contribution in [3.8, 4) is 0 Å². The highest BCUT2D eigenvalue weighted by Crippen LogP contribution is 2.24. The lowest BCUT2D eigenvalue weighted by atomic mass is 9.82. The average molecular weight is 334 g/mol. The van der Waals surface area contributed by atoms with Crippen LogP contribution in [0.25, 0.3) is 0 Å². The Morgan fingerprint density at radius 2 is 1.80 bits per heavy atom. The van der Waals surface area contributed by atoms with E-state index in [4.69, 9.17) is 0 Å². The van der Waals surface area contributed by atoms with E-state index in [2.05, 4.69) is 31.9 Å². The predicted octanol–water partition coefficient (Wildman–Crippen LogP) is 3.98. The summed E-state index contributed by atoms with van der Waals surface area (Å²) in [5.74, 6) is 0.241. The summed E-state index contributed by atoms with van der Waals surface area (Å²) in [7, 11) is 0. The van der Waals surface area contributed by atoms with Crippen LogP contribution < -0.4 is 0 Å². The number of rotatable bonds is 4. The molecule has 1 aromatic rings. The Hall–Kier alpha value is -0.150. The van der Waals surface area contributed by atoms with Crippen LogP contribution in [0.3, 0.4) is 0 Å². The first-order valence-electron chi connectivity index (χ1n) is 4.79. The van der Waals surface area contributed by atoms with Crippen molar-refractivity contribution in [1.29, 1.82) is 0 Å². The maximum absolute atomic E-state index is 11.6. The molecule has 0 aliphatic rings. The second kappa shape index (κ2) is 5.26. The largest absolute Gasteiger partial charge is 0.298 e. The fourth-order valence-electron chi connectivity index (χ4n) is 1.39. The number of halogens is 2. The first kappa shape index (κ1) is 12.9. The van der Waals surface area contributed by atoms with Crippen molar-refractivity contribution in [2.75, 3.05) is 5.33 Å². The molecule has 0 heterocycles. The Morgan fingerprint density at radius 3 is 2.27 bits per heavy atom. The minimum Gasteiger partial charge on any atom is -0.298 e. The fourth-order valence-corrected chi connectivity index (χ4v) is 2.42. The normalized spacial score (nSPS) is 11.5. The summed E-state index contributed by atoms with van der Waals surface area (Å²) in [6.07, 6.45) is 0.782. The SMILES string of the molecule is CC(C)(Cc1ccc(Br)cc1)C(=O)CBr. The monoisotopic (exact) mass is 332 g/mol. The highest BCUT2D eigenvalue weighted by Gasteiger charge is 2.26. The van der Waals surface area contributed by atoms with Gasteiger partial charge in [-0.25, -0.2) is 0 Å². The molecule has 0 saturated carbocycles. The molecule has 0 saturated heterocycles. The van der Waals surface area contributed by atoms with E-state index in [-0.39, 0.29) is 11.2 Å². The van der Waals surface area contributed by atoms with Crippen molar-refractivity contribution < 1.29 is 4.79 Å². The first-order valence-corrected chi connectivity index (χ1v) is 6.71. The molecule has 0 bridgehead atoms. The summed E-state index contributed by atoms with van der Waals surface area (Å²) in [4.78, 5) is 11.6. The molecule has 82 valence electrons. The van der Waals surface area contributed by atoms with Gasteiger partial charge in [-0.1, -0.05) is 57.8 Å². The van der Waals surface area contributed by atoms with Gasteiger partial charge >= 0.3 is 0 Å². The first-order chi connectivity index (χ1) is 6.95. The van der Waals surface area contributed by atoms with E-state index in [0.717, 1.165) is 10.9 Å². The minimum atomic E-state index is -0.294. The number of ketones is 1. The zero-order valence-electron chi connectivity index (χ0n) is 8.89. The molecule has 0 unspecified atom stereocenters. The van der Waals surface area contributed by atoms with Crippen LogP contribution in [-0.4, -0.2) is 11.1 Å². The summed E-state index contributed by atoms with van der Waals surface area (Å²) >= 11 is 6.61. The van der Waals surface area contributed by atoms with Gasteiger partial charge in [0.2, 0.25) is 0 Å². The summed E-state index contributed by atoms with van der Waals surface area (Å²) in [5, 5.41) is 0.427. The molecular formula is C12H14Br2O. The summed E-state index contributed by atoms with van der Waals surface area (Å²) in [5.41, 5.74) is 0.898. The van der Waals surface area contributed by atoms with Crippen molar-refractivity contribution in [2.45, 2.75) is 20.3 Å². The molecule has 0 aliphatic heterocycles. The molecule has 1 rings (SSSR count). The number of hydrogen-bond donors (Lipinski definition) is 0. The van der Waals surface area contributed by atoms with Gasteiger partial charge in [-0.15, -0.1) is 0 Å². The van der Waals surface area contributed by atoms with Crippen LogP contribution in [0.1, 0.15) is 19.4 Å². The Kier molecular flexibility index (Phi) is 4.53. The molecule has 0 aliphatic carbocycles. The zero-order chi connectivity index (χ0) is 11.5. The van der Waals surface area contributed by atoms with Crippen LogP contribution in [-0.2, 0) is 11.2 Å². The van der Waals surface area contributed by atoms with E-state index < -0.39 is 0 Å². The van der Waals surface area contributed by atoms with Gasteiger partial charge in [-0.05, 0) is 24.1 Å². The molecule has 1 aromatic carbocycles. The van der Waals surface area contributed by atoms with E-state index in [0.29, 0.717) is 5.33 Å². The van der Waals surface area contributed by atoms with Crippen LogP contribution in [0, 0.1) is 5.41 Å². The second-order valence-corrected chi connectivity index (χ2v) is 5.72. The Balaban J connectivity index is 2.77. The topological polar surface area (TPSA) is 17.1 Å². The predicted molar refractivity (Wildman–Crippen MR) is 70.4 cm³/mol. The van der Waals surface area contributed by atoms with Crippen LogP contribution in [0.5, 0.6) is 0 Å². The van der Waals surface area contributed by atoms with Crippen molar-refractivity contribution in [1.82, 2.24) is 0 Å². The molecular weight excluding hydrogens is 320 g/mol. The summed E-state index contributed by atoms with van der Waals surface area (Å²) in [6.45, 7) is 3.97. The van der Waals surface area contributed by atoms with E-state index in [1.807, 2.05) is 38.1 Å². The van der Waals surface area contributed by atoms with Crippen molar-refractivity contribution in [3.05, 3.63) is 34.3 Å². The molecule has 0 amide bonds. The zero-order valence-corrected chi connectivity index (χ0v) is 12.1. The Bertz CT molecular complexity index is 341. The van der Waals surface area contributed by atoms with Crippen LogP contribution in [0.2, 0.25) is 0 Å². The molecule has 15 heavy (non-hydrogen) atoms. The Labute approximate surface area is 108 Å². The third kappa shape index (κ3) is 3.72. The lowest BCUT2D eigenvalue weighted by Crippen LogP contribution is -2.27. The third-order valence-electron chi connectivity index (χ3n) is 2.44. The van der Waals surface area contributed by atoms with Gasteiger partial charge < -0.3 is 0 Å². The standard InChI is InChI=1S/C12H14Br2O/c1-12(2,11(15)8-13)7-9-3-5-10(14)6-4-9/h3-6H,7-8H2,1-2H3. The molecule has 0 aromatic heterocycles. The van der Waals surface area contributed by atoms with Gasteiger partial charge in [0.25, 0.3) is 0 Å². The fraction of sp³-hybridized carbons (Fsp3) is 0.417. The smallest absolute Gasteiger partial charge is 0.149 e. The number of benzene rings is 1. The maximum Gasteiger partial charge on any atom is 0.149 e. The van der Waals surface area contributed by atoms with Gasteiger partial charge in [-0.3, -0.25) is 4.79 Å². The third-order valence-corrected chi connectivity index (χ3v) is 3.47. The van der Waals surface area contributed by atoms with Crippen molar-refractivity contribution in [2.24, 2.45) is 5.41 Å². The summed E-state index contributed by atoms with van der Waals surface area (Å²) in [6, 6.07) is 8.11. The number of carbonyl (C=O) groups excluding carboxylic acids is 1. The molecule has 0 N–H and O–H groups in total. The Morgan fingerprint density at radius 1 is 1.27 bits per heavy atom. The van der Waals surface area contributed by atoms with E-state index in [9.17, 15) is 4.79 Å². The van der Waals surface area contributed by atoms with Crippen molar-refractivity contribution in [3.63, 3.8) is 0 Å². The van der Waals surface area contributed by atoms with Gasteiger partial charge in [0.05, 0.1) is 5.33 Å². The maximum atomic E-state index is 11.6. The quantitative estimate of drug-likeness (QED) is 0.762. The number of alkyl halides is 1. The van der Waals surface area contributed by atoms with Gasteiger partial charge in [0.15, 0.2) is 0 Å². The van der Waals surface area contributed by atoms with E-state index in [1.165, 1.54) is 5.56 Å². The minimum absolute atomic E-state index is 0.241. The van der Waals surface area contributed by atoms with Gasteiger partial charge in [0.1, 0.15) is 5.78 Å². The molecule has 0 spiro atoms. The van der Waals surface area contributed by atoms with Crippen LogP contribution in [0.4, 0.5) is 0 Å². The average Bonchev–Trinajstić information content (AvgIpc) is 2.20. The second-order valence-electron chi connectivity index (χ2n) is 4.24. The van der Waals surface area contributed by atoms with Crippen molar-refractivity contribution >= 4 is 37.6 Å². The summed E-state index contributed by atoms with van der Waals surface area (Å²) < 4.78 is 1.07. The molecule has 0 fully saturated rings. The van der Waals surface area contributed by atoms with Crippen LogP contribution >= 0.6 is 31.9 Å².